The van der Waals surface area contributed by atoms with Crippen LogP contribution in [0.25, 0.3) is 0 Å². The van der Waals surface area contributed by atoms with Crippen molar-refractivity contribution in [1.29, 1.82) is 0 Å². The summed E-state index contributed by atoms with van der Waals surface area (Å²) in [6.07, 6.45) is 10.8. The summed E-state index contributed by atoms with van der Waals surface area (Å²) in [6, 6.07) is 144. The van der Waals surface area contributed by atoms with Gasteiger partial charge in [-0.2, -0.15) is 0 Å². The lowest BCUT2D eigenvalue weighted by molar-refractivity contribution is -0.150. The Labute approximate surface area is 830 Å². The minimum Gasteiger partial charge on any atom is -0.490 e. The van der Waals surface area contributed by atoms with Crippen molar-refractivity contribution < 1.29 is 66.7 Å². The highest BCUT2D eigenvalue weighted by atomic mass is 32.2. The molecule has 0 spiro atoms. The minimum atomic E-state index is -0.641. The summed E-state index contributed by atoms with van der Waals surface area (Å²) in [6.45, 7) is 14.5. The van der Waals surface area contributed by atoms with Crippen molar-refractivity contribution in [2.24, 2.45) is 11.8 Å². The number of hydrogen-bond acceptors (Lipinski definition) is 14. The van der Waals surface area contributed by atoms with E-state index in [-0.39, 0.29) is 83.8 Å². The summed E-state index contributed by atoms with van der Waals surface area (Å²) in [7, 11) is -0.998. The number of rotatable bonds is 33. The fraction of sp³-hybridized carbons (Fsp3) is 0.150. The standard InChI is InChI=1S/C27H29O3S.C26H27O3S.C24H21O4S.C22H19O2S.C21H17O2S/c28-27(22-10-4-1-5-11-22)30-21-20-29-23-16-18-26(19-17-23)31(24-12-6-2-7-13-24)25-14-8-3-9-15-25;27-26(21-9-7-8-10-21)29-20-19-28-22-15-17-25(18-16-22)30(23-11-3-1-4-12-23)24-13-5-2-6-14-24;1-18(2)24(26)27-17-23(25)28-19-13-15-22(16-14-19)29(20-9-5-3-6-10-20)21-11-7-4-8-12-21;1-17(2)22(23)24-18-13-15-21(16-14-18)25(19-9-5-3-6-10-19)20-11-7-4-8-12-20;1-2-21(22)23-17-13-15-20(16-14-17)24(18-9-5-3-6-10-18)19-11-7-4-8-12-19/h2-3,6-9,12-19,22H,1,4-5,10-11,20-21H2;1-6,11-18,21H,7-10,19-20H2;3-16H,1,17H2,2H3;3-16H,1H2,2H3;2-16H,1H2/q5*+1. The van der Waals surface area contributed by atoms with E-state index < -0.39 is 30.5 Å². The van der Waals surface area contributed by atoms with Crippen molar-refractivity contribution in [2.45, 2.75) is 145 Å². The van der Waals surface area contributed by atoms with Gasteiger partial charge in [0.05, 0.1) is 66.3 Å². The molecule has 2 saturated carbocycles. The number of esters is 6. The normalized spacial score (nSPS) is 12.1. The molecule has 14 nitrogen and oxygen atoms in total. The van der Waals surface area contributed by atoms with Crippen LogP contribution in [0.4, 0.5) is 0 Å². The molecule has 139 heavy (non-hydrogen) atoms. The van der Waals surface area contributed by atoms with Gasteiger partial charge in [-0.25, -0.2) is 19.2 Å². The zero-order chi connectivity index (χ0) is 97.0. The Hall–Kier alpha value is -14.3. The highest BCUT2D eigenvalue weighted by Crippen LogP contribution is 2.39. The number of carbonyl (C=O) groups excluding carboxylic acids is 6. The zero-order valence-corrected chi connectivity index (χ0v) is 82.0. The number of carbonyl (C=O) groups is 6. The topological polar surface area (TPSA) is 176 Å². The Morgan fingerprint density at radius 2 is 0.460 bits per heavy atom. The third-order valence-corrected chi connectivity index (χ3v) is 32.9. The first-order chi connectivity index (χ1) is 68.1. The Morgan fingerprint density at radius 1 is 0.252 bits per heavy atom. The van der Waals surface area contributed by atoms with Gasteiger partial charge in [-0.1, -0.05) is 234 Å². The number of benzene rings is 15. The van der Waals surface area contributed by atoms with Crippen LogP contribution in [0.3, 0.4) is 0 Å². The summed E-state index contributed by atoms with van der Waals surface area (Å²) < 4.78 is 42.9. The minimum absolute atomic E-state index is 0.0617. The Morgan fingerprint density at radius 3 is 0.691 bits per heavy atom. The molecule has 2 fully saturated rings. The highest BCUT2D eigenvalue weighted by molar-refractivity contribution is 7.98. The van der Waals surface area contributed by atoms with Gasteiger partial charge in [-0.3, -0.25) is 9.59 Å². The number of hydrogen-bond donors (Lipinski definition) is 0. The maximum absolute atomic E-state index is 12.1. The molecule has 0 saturated heterocycles. The second-order valence-corrected chi connectivity index (χ2v) is 42.1. The average Bonchev–Trinajstić information content (AvgIpc) is 1.14. The molecule has 15 aromatic carbocycles. The van der Waals surface area contributed by atoms with Gasteiger partial charge in [-0.15, -0.1) is 0 Å². The molecule has 702 valence electrons. The highest BCUT2D eigenvalue weighted by Gasteiger charge is 2.35. The molecular weight excluding hydrogens is 1830 g/mol. The first-order valence-electron chi connectivity index (χ1n) is 46.2. The lowest BCUT2D eigenvalue weighted by Gasteiger charge is -2.19. The monoisotopic (exact) mass is 1940 g/mol. The van der Waals surface area contributed by atoms with E-state index in [1.54, 1.807) is 19.1 Å². The van der Waals surface area contributed by atoms with Crippen LogP contribution in [-0.4, -0.2) is 68.9 Å². The number of ether oxygens (including phenoxy) is 8. The molecule has 15 aromatic rings. The lowest BCUT2D eigenvalue weighted by atomic mass is 9.89. The molecule has 17 rings (SSSR count). The Bertz CT molecular complexity index is 6120. The van der Waals surface area contributed by atoms with Crippen LogP contribution >= 0.6 is 0 Å². The summed E-state index contributed by atoms with van der Waals surface area (Å²) in [5.41, 5.74) is 0.619. The first-order valence-corrected chi connectivity index (χ1v) is 52.3. The largest absolute Gasteiger partial charge is 0.490 e. The van der Waals surface area contributed by atoms with Crippen LogP contribution in [-0.2, 0) is 97.5 Å². The van der Waals surface area contributed by atoms with Crippen LogP contribution in [0, 0.1) is 11.8 Å². The van der Waals surface area contributed by atoms with Crippen molar-refractivity contribution in [3.05, 3.63) is 462 Å². The second kappa shape index (κ2) is 55.2. The van der Waals surface area contributed by atoms with E-state index in [4.69, 9.17) is 37.9 Å². The molecule has 0 N–H and O–H groups in total. The molecule has 2 aliphatic rings. The first kappa shape index (κ1) is 102. The van der Waals surface area contributed by atoms with Gasteiger partial charge < -0.3 is 37.9 Å². The van der Waals surface area contributed by atoms with E-state index in [9.17, 15) is 28.8 Å². The fourth-order valence-electron chi connectivity index (χ4n) is 15.0. The summed E-state index contributed by atoms with van der Waals surface area (Å²) in [4.78, 5) is 88.8. The molecule has 0 heterocycles. The zero-order valence-electron chi connectivity index (χ0n) is 77.9. The average molecular weight is 1940 g/mol. The van der Waals surface area contributed by atoms with Gasteiger partial charge in [0, 0.05) is 17.2 Å². The SMILES string of the molecule is C=C(C)C(=O)OCC(=O)Oc1ccc([S+](c2ccccc2)c2ccccc2)cc1.C=C(C)C(=O)Oc1ccc([S+](c2ccccc2)c2ccccc2)cc1.C=CC(=O)Oc1ccc([S+](c2ccccc2)c2ccccc2)cc1.O=C(OCCOc1ccc([S+](c2ccccc2)c2ccccc2)cc1)C1CCCC1.O=C(OCCOc1ccc([S+](c2ccccc2)c2ccccc2)cc1)C1CCCCC1. The molecule has 0 radical (unpaired) electrons. The Balaban J connectivity index is 0.000000147. The van der Waals surface area contributed by atoms with E-state index >= 15 is 0 Å². The third kappa shape index (κ3) is 31.9. The summed E-state index contributed by atoms with van der Waals surface area (Å²) in [5, 5.41) is 0. The van der Waals surface area contributed by atoms with Crippen molar-refractivity contribution in [2.75, 3.05) is 33.0 Å². The smallest absolute Gasteiger partial charge is 0.349 e. The molecule has 19 heteroatoms. The molecule has 0 aliphatic heterocycles. The van der Waals surface area contributed by atoms with Crippen molar-refractivity contribution in [3.8, 4) is 28.7 Å². The fourth-order valence-corrected chi connectivity index (χ4v) is 25.4. The van der Waals surface area contributed by atoms with Crippen LogP contribution in [0.5, 0.6) is 28.7 Å². The maximum Gasteiger partial charge on any atom is 0.349 e. The summed E-state index contributed by atoms with van der Waals surface area (Å²) >= 11 is 0. The van der Waals surface area contributed by atoms with E-state index in [0.29, 0.717) is 49.2 Å². The van der Waals surface area contributed by atoms with Gasteiger partial charge in [-0.05, 0) is 282 Å². The molecule has 0 bridgehead atoms. The van der Waals surface area contributed by atoms with Gasteiger partial charge in [0.1, 0.15) is 55.2 Å². The molecule has 0 aromatic heterocycles. The second-order valence-electron chi connectivity index (χ2n) is 32.0. The van der Waals surface area contributed by atoms with Crippen molar-refractivity contribution >= 4 is 90.3 Å². The van der Waals surface area contributed by atoms with Gasteiger partial charge in [0.25, 0.3) is 0 Å². The van der Waals surface area contributed by atoms with Gasteiger partial charge in [0.2, 0.25) is 0 Å². The van der Waals surface area contributed by atoms with E-state index in [1.807, 2.05) is 170 Å². The molecule has 0 unspecified atom stereocenters. The summed E-state index contributed by atoms with van der Waals surface area (Å²) in [5.74, 6) is 0.969. The van der Waals surface area contributed by atoms with Gasteiger partial charge in [0.15, 0.2) is 80.0 Å². The van der Waals surface area contributed by atoms with Crippen LogP contribution in [0.1, 0.15) is 71.6 Å². The van der Waals surface area contributed by atoms with Gasteiger partial charge >= 0.3 is 35.8 Å². The van der Waals surface area contributed by atoms with Crippen molar-refractivity contribution in [3.63, 3.8) is 0 Å². The molecule has 0 atom stereocenters. The van der Waals surface area contributed by atoms with Crippen molar-refractivity contribution in [1.82, 2.24) is 0 Å². The molecular formula is C120H113O14S5+5. The lowest BCUT2D eigenvalue weighted by Crippen LogP contribution is -2.22. The molecule has 2 aliphatic carbocycles. The quantitative estimate of drug-likeness (QED) is 0.00948. The van der Waals surface area contributed by atoms with E-state index in [0.717, 1.165) is 73.8 Å². The maximum atomic E-state index is 12.1. The van der Waals surface area contributed by atoms with Crippen LogP contribution < -0.4 is 23.7 Å². The predicted octanol–water partition coefficient (Wildman–Crippen LogP) is 27.1. The van der Waals surface area contributed by atoms with E-state index in [1.165, 1.54) is 81.9 Å². The van der Waals surface area contributed by atoms with Crippen LogP contribution in [0.15, 0.2) is 535 Å². The van der Waals surface area contributed by atoms with E-state index in [2.05, 4.69) is 262 Å². The molecule has 0 amide bonds. The Kier molecular flexibility index (Phi) is 40.5. The third-order valence-electron chi connectivity index (χ3n) is 21.8. The predicted molar refractivity (Wildman–Crippen MR) is 557 cm³/mol. The van der Waals surface area contributed by atoms with Crippen LogP contribution in [0.2, 0.25) is 0 Å².